The summed E-state index contributed by atoms with van der Waals surface area (Å²) >= 11 is 0. The van der Waals surface area contributed by atoms with Crippen molar-refractivity contribution in [1.82, 2.24) is 0 Å². The number of allylic oxidation sites excluding steroid dienone is 2. The highest BCUT2D eigenvalue weighted by Crippen LogP contribution is 2.26. The minimum atomic E-state index is 0.776. The Bertz CT molecular complexity index is 491. The predicted molar refractivity (Wildman–Crippen MR) is 64.0 cm³/mol. The highest BCUT2D eigenvalue weighted by molar-refractivity contribution is 5.82. The third-order valence-corrected chi connectivity index (χ3v) is 2.46. The van der Waals surface area contributed by atoms with E-state index in [-0.39, 0.29) is 0 Å². The lowest BCUT2D eigenvalue weighted by Gasteiger charge is -1.95. The second-order valence-electron chi connectivity index (χ2n) is 3.49. The molecule has 0 spiro atoms. The zero-order valence-electron chi connectivity index (χ0n) is 8.70. The molecule has 0 fully saturated rings. The van der Waals surface area contributed by atoms with Crippen LogP contribution >= 0.6 is 0 Å². The second kappa shape index (κ2) is 4.18. The SMILES string of the molecule is C=CCc1oc2ccccc2c1CC=C. The van der Waals surface area contributed by atoms with Crippen LogP contribution in [0.5, 0.6) is 0 Å². The number of furan rings is 1. The highest BCUT2D eigenvalue weighted by atomic mass is 16.3. The molecular weight excluding hydrogens is 184 g/mol. The fourth-order valence-corrected chi connectivity index (χ4v) is 1.81. The Kier molecular flexibility index (Phi) is 2.72. The Morgan fingerprint density at radius 2 is 1.80 bits per heavy atom. The lowest BCUT2D eigenvalue weighted by Crippen LogP contribution is -1.85. The molecule has 76 valence electrons. The van der Waals surface area contributed by atoms with Crippen LogP contribution in [0.4, 0.5) is 0 Å². The van der Waals surface area contributed by atoms with Crippen LogP contribution in [0.15, 0.2) is 54.0 Å². The molecule has 0 N–H and O–H groups in total. The fraction of sp³-hybridized carbons (Fsp3) is 0.143. The van der Waals surface area contributed by atoms with Crippen molar-refractivity contribution in [1.29, 1.82) is 0 Å². The van der Waals surface area contributed by atoms with Crippen molar-refractivity contribution < 1.29 is 4.42 Å². The third-order valence-electron chi connectivity index (χ3n) is 2.46. The molecule has 1 heteroatoms. The summed E-state index contributed by atoms with van der Waals surface area (Å²) in [5, 5.41) is 1.19. The van der Waals surface area contributed by atoms with Gasteiger partial charge in [-0.25, -0.2) is 0 Å². The first-order chi connectivity index (χ1) is 7.36. The maximum atomic E-state index is 5.77. The van der Waals surface area contributed by atoms with E-state index in [0.717, 1.165) is 24.2 Å². The highest BCUT2D eigenvalue weighted by Gasteiger charge is 2.10. The fourth-order valence-electron chi connectivity index (χ4n) is 1.81. The summed E-state index contributed by atoms with van der Waals surface area (Å²) in [6.45, 7) is 7.52. The maximum Gasteiger partial charge on any atom is 0.134 e. The summed E-state index contributed by atoms with van der Waals surface area (Å²) in [6.07, 6.45) is 5.40. The molecule has 0 unspecified atom stereocenters. The smallest absolute Gasteiger partial charge is 0.134 e. The average molecular weight is 198 g/mol. The minimum absolute atomic E-state index is 0.776. The first kappa shape index (κ1) is 9.78. The summed E-state index contributed by atoms with van der Waals surface area (Å²) in [6, 6.07) is 8.10. The van der Waals surface area contributed by atoms with Crippen molar-refractivity contribution in [3.8, 4) is 0 Å². The van der Waals surface area contributed by atoms with Crippen molar-refractivity contribution in [2.75, 3.05) is 0 Å². The van der Waals surface area contributed by atoms with Gasteiger partial charge in [0.15, 0.2) is 0 Å². The summed E-state index contributed by atoms with van der Waals surface area (Å²) in [5.74, 6) is 1.01. The van der Waals surface area contributed by atoms with Gasteiger partial charge in [-0.05, 0) is 12.5 Å². The van der Waals surface area contributed by atoms with Crippen LogP contribution in [-0.2, 0) is 12.8 Å². The molecule has 0 atom stereocenters. The predicted octanol–water partition coefficient (Wildman–Crippen LogP) is 3.89. The molecule has 0 aliphatic heterocycles. The van der Waals surface area contributed by atoms with Gasteiger partial charge in [0.05, 0.1) is 0 Å². The molecule has 1 nitrogen and oxygen atoms in total. The molecule has 2 aromatic rings. The Labute approximate surface area is 89.7 Å². The van der Waals surface area contributed by atoms with Gasteiger partial charge in [0, 0.05) is 17.4 Å². The van der Waals surface area contributed by atoms with Crippen molar-refractivity contribution in [2.24, 2.45) is 0 Å². The van der Waals surface area contributed by atoms with E-state index in [2.05, 4.69) is 19.2 Å². The van der Waals surface area contributed by atoms with E-state index in [4.69, 9.17) is 4.42 Å². The van der Waals surface area contributed by atoms with Gasteiger partial charge in [0.25, 0.3) is 0 Å². The Morgan fingerprint density at radius 3 is 2.53 bits per heavy atom. The quantitative estimate of drug-likeness (QED) is 0.679. The molecule has 0 saturated heterocycles. The zero-order chi connectivity index (χ0) is 10.7. The second-order valence-corrected chi connectivity index (χ2v) is 3.49. The topological polar surface area (TPSA) is 13.1 Å². The molecule has 1 aromatic carbocycles. The van der Waals surface area contributed by atoms with Gasteiger partial charge in [-0.1, -0.05) is 30.4 Å². The molecule has 0 aliphatic carbocycles. The standard InChI is InChI=1S/C14H14O/c1-3-7-11-12-9-5-6-10-14(12)15-13(11)8-4-2/h3-6,9-10H,1-2,7-8H2. The minimum Gasteiger partial charge on any atom is -0.460 e. The van der Waals surface area contributed by atoms with E-state index in [9.17, 15) is 0 Å². The van der Waals surface area contributed by atoms with Gasteiger partial charge in [-0.2, -0.15) is 0 Å². The first-order valence-electron chi connectivity index (χ1n) is 5.08. The van der Waals surface area contributed by atoms with Crippen molar-refractivity contribution in [2.45, 2.75) is 12.8 Å². The summed E-state index contributed by atoms with van der Waals surface area (Å²) in [4.78, 5) is 0. The van der Waals surface area contributed by atoms with Gasteiger partial charge in [0.1, 0.15) is 11.3 Å². The molecule has 0 aliphatic rings. The molecule has 0 saturated carbocycles. The van der Waals surface area contributed by atoms with E-state index in [0.29, 0.717) is 0 Å². The van der Waals surface area contributed by atoms with Gasteiger partial charge < -0.3 is 4.42 Å². The molecule has 0 amide bonds. The zero-order valence-corrected chi connectivity index (χ0v) is 8.70. The van der Waals surface area contributed by atoms with Gasteiger partial charge in [-0.3, -0.25) is 0 Å². The van der Waals surface area contributed by atoms with Crippen LogP contribution in [0.1, 0.15) is 11.3 Å². The monoisotopic (exact) mass is 198 g/mol. The number of para-hydroxylation sites is 1. The number of fused-ring (bicyclic) bond motifs is 1. The number of hydrogen-bond donors (Lipinski definition) is 0. The molecule has 15 heavy (non-hydrogen) atoms. The first-order valence-corrected chi connectivity index (χ1v) is 5.08. The van der Waals surface area contributed by atoms with Crippen LogP contribution in [0.25, 0.3) is 11.0 Å². The molecule has 0 bridgehead atoms. The molecule has 2 rings (SSSR count). The van der Waals surface area contributed by atoms with Crippen LogP contribution in [0.3, 0.4) is 0 Å². The lowest BCUT2D eigenvalue weighted by molar-refractivity contribution is 0.560. The van der Waals surface area contributed by atoms with Crippen LogP contribution in [-0.4, -0.2) is 0 Å². The average Bonchev–Trinajstić information content (AvgIpc) is 2.59. The number of benzene rings is 1. The molecular formula is C14H14O. The van der Waals surface area contributed by atoms with Crippen LogP contribution in [0.2, 0.25) is 0 Å². The van der Waals surface area contributed by atoms with Crippen molar-refractivity contribution >= 4 is 11.0 Å². The van der Waals surface area contributed by atoms with E-state index < -0.39 is 0 Å². The molecule has 1 heterocycles. The summed E-state index contributed by atoms with van der Waals surface area (Å²) in [7, 11) is 0. The largest absolute Gasteiger partial charge is 0.460 e. The number of hydrogen-bond acceptors (Lipinski definition) is 1. The van der Waals surface area contributed by atoms with E-state index in [1.54, 1.807) is 0 Å². The summed E-state index contributed by atoms with van der Waals surface area (Å²) in [5.41, 5.74) is 2.19. The van der Waals surface area contributed by atoms with Gasteiger partial charge in [-0.15, -0.1) is 13.2 Å². The van der Waals surface area contributed by atoms with Gasteiger partial charge >= 0.3 is 0 Å². The lowest BCUT2D eigenvalue weighted by atomic mass is 10.1. The van der Waals surface area contributed by atoms with E-state index >= 15 is 0 Å². The van der Waals surface area contributed by atoms with Crippen molar-refractivity contribution in [3.63, 3.8) is 0 Å². The summed E-state index contributed by atoms with van der Waals surface area (Å²) < 4.78 is 5.77. The Morgan fingerprint density at radius 1 is 1.07 bits per heavy atom. The number of rotatable bonds is 4. The Balaban J connectivity index is 2.62. The maximum absolute atomic E-state index is 5.77. The van der Waals surface area contributed by atoms with Crippen LogP contribution in [0, 0.1) is 0 Å². The van der Waals surface area contributed by atoms with E-state index in [1.165, 1.54) is 10.9 Å². The van der Waals surface area contributed by atoms with E-state index in [1.807, 2.05) is 30.4 Å². The Hall–Kier alpha value is -1.76. The molecule has 0 radical (unpaired) electrons. The third kappa shape index (κ3) is 1.73. The molecule has 1 aromatic heterocycles. The normalized spacial score (nSPS) is 10.4. The van der Waals surface area contributed by atoms with Crippen LogP contribution < -0.4 is 0 Å². The van der Waals surface area contributed by atoms with Crippen molar-refractivity contribution in [3.05, 3.63) is 60.9 Å². The van der Waals surface area contributed by atoms with Gasteiger partial charge in [0.2, 0.25) is 0 Å².